The van der Waals surface area contributed by atoms with Crippen LogP contribution in [0.15, 0.2) is 18.2 Å². The number of benzene rings is 1. The van der Waals surface area contributed by atoms with Crippen molar-refractivity contribution in [2.24, 2.45) is 11.8 Å². The summed E-state index contributed by atoms with van der Waals surface area (Å²) in [5, 5.41) is 13.1. The topological polar surface area (TPSA) is 69.2 Å². The first kappa shape index (κ1) is 23.8. The second kappa shape index (κ2) is 8.83. The molecule has 2 atom stereocenters. The minimum Gasteiger partial charge on any atom is -0.550 e. The van der Waals surface area contributed by atoms with E-state index in [4.69, 9.17) is 0 Å². The van der Waals surface area contributed by atoms with Crippen molar-refractivity contribution in [2.75, 3.05) is 5.32 Å². The molecule has 1 fully saturated rings. The summed E-state index contributed by atoms with van der Waals surface area (Å²) in [5.41, 5.74) is -3.83. The number of hydrogen-bond donors (Lipinski definition) is 1. The van der Waals surface area contributed by atoms with E-state index in [9.17, 15) is 41.0 Å². The van der Waals surface area contributed by atoms with Crippen LogP contribution < -0.4 is 40.0 Å². The molecule has 144 valence electrons. The molecule has 0 aliphatic heterocycles. The molecule has 0 unspecified atom stereocenters. The average molecular weight is 405 g/mol. The van der Waals surface area contributed by atoms with Gasteiger partial charge in [0.2, 0.25) is 5.91 Å². The Morgan fingerprint density at radius 2 is 1.33 bits per heavy atom. The Labute approximate surface area is 172 Å². The summed E-state index contributed by atoms with van der Waals surface area (Å²) >= 11 is 0. The maximum atomic E-state index is 12.8. The molecule has 1 N–H and O–H groups in total. The van der Waals surface area contributed by atoms with Crippen LogP contribution in [0.4, 0.5) is 32.0 Å². The molecular formula is C16H14F6NNaO3. The zero-order valence-corrected chi connectivity index (χ0v) is 16.2. The van der Waals surface area contributed by atoms with E-state index in [1.165, 1.54) is 0 Å². The Kier molecular flexibility index (Phi) is 7.78. The van der Waals surface area contributed by atoms with Crippen LogP contribution in [0.3, 0.4) is 0 Å². The van der Waals surface area contributed by atoms with E-state index in [1.807, 2.05) is 5.32 Å². The first-order valence-corrected chi connectivity index (χ1v) is 7.71. The number of nitrogens with one attached hydrogen (secondary N) is 1. The van der Waals surface area contributed by atoms with E-state index >= 15 is 0 Å². The van der Waals surface area contributed by atoms with Gasteiger partial charge in [0, 0.05) is 23.5 Å². The SMILES string of the molecule is O=C(Nc1cc(C(F)(F)F)cc(C(F)(F)F)c1)[C@H]1CCCC[C@H]1C(=O)[O-].[Na+]. The molecule has 0 radical (unpaired) electrons. The number of carbonyl (C=O) groups excluding carboxylic acids is 2. The Hall–Kier alpha value is -1.26. The summed E-state index contributed by atoms with van der Waals surface area (Å²) in [4.78, 5) is 23.3. The number of aliphatic carboxylic acids is 1. The number of alkyl halides is 6. The number of carboxylic acid groups (broad SMARTS) is 1. The van der Waals surface area contributed by atoms with Crippen LogP contribution >= 0.6 is 0 Å². The van der Waals surface area contributed by atoms with Crippen LogP contribution in [0.1, 0.15) is 36.8 Å². The monoisotopic (exact) mass is 405 g/mol. The summed E-state index contributed by atoms with van der Waals surface area (Å²) in [6.45, 7) is 0. The van der Waals surface area contributed by atoms with Crippen molar-refractivity contribution >= 4 is 17.6 Å². The molecule has 1 amide bonds. The predicted octanol–water partition coefficient (Wildman–Crippen LogP) is 0.223. The molecule has 1 aliphatic carbocycles. The maximum absolute atomic E-state index is 12.8. The molecule has 0 saturated heterocycles. The van der Waals surface area contributed by atoms with Crippen molar-refractivity contribution in [3.63, 3.8) is 0 Å². The fourth-order valence-corrected chi connectivity index (χ4v) is 2.99. The normalized spacial score (nSPS) is 20.5. The molecule has 0 aromatic heterocycles. The molecule has 1 aromatic carbocycles. The molecule has 27 heavy (non-hydrogen) atoms. The van der Waals surface area contributed by atoms with Crippen LogP contribution in [0.25, 0.3) is 0 Å². The van der Waals surface area contributed by atoms with Gasteiger partial charge in [-0.2, -0.15) is 26.3 Å². The van der Waals surface area contributed by atoms with Gasteiger partial charge < -0.3 is 15.2 Å². The van der Waals surface area contributed by atoms with E-state index in [-0.39, 0.29) is 48.5 Å². The van der Waals surface area contributed by atoms with E-state index in [2.05, 4.69) is 0 Å². The number of halogens is 6. The van der Waals surface area contributed by atoms with Gasteiger partial charge in [0.25, 0.3) is 0 Å². The summed E-state index contributed by atoms with van der Waals surface area (Å²) in [7, 11) is 0. The smallest absolute Gasteiger partial charge is 0.550 e. The van der Waals surface area contributed by atoms with Gasteiger partial charge in [-0.3, -0.25) is 4.79 Å². The summed E-state index contributed by atoms with van der Waals surface area (Å²) in [6.07, 6.45) is -8.69. The number of anilines is 1. The van der Waals surface area contributed by atoms with Gasteiger partial charge in [-0.25, -0.2) is 0 Å². The molecule has 0 heterocycles. The molecule has 1 aliphatic rings. The minimum atomic E-state index is -5.04. The molecular weight excluding hydrogens is 391 g/mol. The Bertz CT molecular complexity index is 672. The van der Waals surface area contributed by atoms with Crippen molar-refractivity contribution in [3.05, 3.63) is 29.3 Å². The van der Waals surface area contributed by atoms with E-state index in [1.54, 1.807) is 0 Å². The van der Waals surface area contributed by atoms with Crippen molar-refractivity contribution in [2.45, 2.75) is 38.0 Å². The number of carbonyl (C=O) groups is 2. The number of rotatable bonds is 3. The van der Waals surface area contributed by atoms with Gasteiger partial charge in [-0.15, -0.1) is 0 Å². The van der Waals surface area contributed by atoms with Crippen LogP contribution in [0, 0.1) is 11.8 Å². The third-order valence-electron chi connectivity index (χ3n) is 4.26. The number of amides is 1. The zero-order chi connectivity index (χ0) is 19.7. The summed E-state index contributed by atoms with van der Waals surface area (Å²) in [5.74, 6) is -4.61. The van der Waals surface area contributed by atoms with Crippen molar-refractivity contribution in [1.82, 2.24) is 0 Å². The maximum Gasteiger partial charge on any atom is 1.00 e. The van der Waals surface area contributed by atoms with Crippen molar-refractivity contribution < 1.29 is 70.6 Å². The van der Waals surface area contributed by atoms with E-state index in [0.717, 1.165) is 0 Å². The Morgan fingerprint density at radius 3 is 1.74 bits per heavy atom. The fraction of sp³-hybridized carbons (Fsp3) is 0.500. The van der Waals surface area contributed by atoms with E-state index in [0.29, 0.717) is 25.0 Å². The average Bonchev–Trinajstić information content (AvgIpc) is 2.52. The standard InChI is InChI=1S/C16H15F6NO3.Na/c17-15(18,19)8-5-9(16(20,21)22)7-10(6-8)23-13(24)11-3-1-2-4-12(11)14(25)26;/h5-7,11-12H,1-4H2,(H,23,24)(H,25,26);/q;+1/p-1/t11-,12+;/m0./s1. The van der Waals surface area contributed by atoms with Gasteiger partial charge in [-0.05, 0) is 31.0 Å². The molecule has 11 heteroatoms. The minimum absolute atomic E-state index is 0. The summed E-state index contributed by atoms with van der Waals surface area (Å²) < 4.78 is 77.0. The molecule has 2 rings (SSSR count). The molecule has 1 aromatic rings. The van der Waals surface area contributed by atoms with Gasteiger partial charge in [0.05, 0.1) is 11.1 Å². The van der Waals surface area contributed by atoms with Crippen LogP contribution in [-0.4, -0.2) is 11.9 Å². The second-order valence-corrected chi connectivity index (χ2v) is 6.10. The first-order valence-electron chi connectivity index (χ1n) is 7.71. The van der Waals surface area contributed by atoms with Crippen molar-refractivity contribution in [3.8, 4) is 0 Å². The van der Waals surface area contributed by atoms with Gasteiger partial charge in [0.15, 0.2) is 0 Å². The molecule has 1 saturated carbocycles. The second-order valence-electron chi connectivity index (χ2n) is 6.10. The van der Waals surface area contributed by atoms with Crippen molar-refractivity contribution in [1.29, 1.82) is 0 Å². The molecule has 4 nitrogen and oxygen atoms in total. The third kappa shape index (κ3) is 6.11. The van der Waals surface area contributed by atoms with Gasteiger partial charge >= 0.3 is 41.9 Å². The van der Waals surface area contributed by atoms with E-state index < -0.39 is 52.9 Å². The fourth-order valence-electron chi connectivity index (χ4n) is 2.99. The Balaban J connectivity index is 0.00000364. The van der Waals surface area contributed by atoms with Crippen LogP contribution in [0.5, 0.6) is 0 Å². The largest absolute Gasteiger partial charge is 1.00 e. The summed E-state index contributed by atoms with van der Waals surface area (Å²) in [6, 6.07) is 0.703. The third-order valence-corrected chi connectivity index (χ3v) is 4.26. The van der Waals surface area contributed by atoms with Gasteiger partial charge in [-0.1, -0.05) is 12.8 Å². The first-order chi connectivity index (χ1) is 11.9. The van der Waals surface area contributed by atoms with Crippen LogP contribution in [0.2, 0.25) is 0 Å². The molecule has 0 bridgehead atoms. The Morgan fingerprint density at radius 1 is 0.889 bits per heavy atom. The van der Waals surface area contributed by atoms with Gasteiger partial charge in [0.1, 0.15) is 0 Å². The van der Waals surface area contributed by atoms with Crippen LogP contribution in [-0.2, 0) is 21.9 Å². The quantitative estimate of drug-likeness (QED) is 0.578. The number of hydrogen-bond acceptors (Lipinski definition) is 3. The molecule has 0 spiro atoms. The zero-order valence-electron chi connectivity index (χ0n) is 14.2. The number of carboxylic acids is 1. The predicted molar refractivity (Wildman–Crippen MR) is 75.5 cm³/mol.